The van der Waals surface area contributed by atoms with Gasteiger partial charge in [0.15, 0.2) is 5.78 Å². The summed E-state index contributed by atoms with van der Waals surface area (Å²) in [6, 6.07) is 5.98. The fraction of sp³-hybridized carbons (Fsp3) is 0.611. The van der Waals surface area contributed by atoms with Crippen LogP contribution in [-0.2, 0) is 4.74 Å². The number of ether oxygens (including phenoxy) is 1. The van der Waals surface area contributed by atoms with Crippen molar-refractivity contribution in [3.8, 4) is 0 Å². The standard InChI is InChI=1S/C18H26O2/c1-4-15-7-5-6-8-18(15)20-12-17(19)16-10-9-13(2)11-14(16)3/h9-11,15,18H,4-8,12H2,1-3H3. The Morgan fingerprint density at radius 1 is 1.25 bits per heavy atom. The molecule has 0 aromatic heterocycles. The lowest BCUT2D eigenvalue weighted by Crippen LogP contribution is -2.29. The van der Waals surface area contributed by atoms with Crippen LogP contribution >= 0.6 is 0 Å². The summed E-state index contributed by atoms with van der Waals surface area (Å²) in [4.78, 5) is 12.3. The van der Waals surface area contributed by atoms with Crippen molar-refractivity contribution in [1.29, 1.82) is 0 Å². The van der Waals surface area contributed by atoms with Crippen LogP contribution in [0.15, 0.2) is 18.2 Å². The van der Waals surface area contributed by atoms with E-state index >= 15 is 0 Å². The molecule has 0 saturated heterocycles. The van der Waals surface area contributed by atoms with Gasteiger partial charge in [-0.05, 0) is 38.2 Å². The molecule has 1 saturated carbocycles. The summed E-state index contributed by atoms with van der Waals surface area (Å²) in [5, 5.41) is 0. The molecule has 1 aliphatic rings. The first kappa shape index (κ1) is 15.2. The molecule has 0 radical (unpaired) electrons. The minimum absolute atomic E-state index is 0.114. The lowest BCUT2D eigenvalue weighted by Gasteiger charge is -2.30. The summed E-state index contributed by atoms with van der Waals surface area (Å²) in [5.41, 5.74) is 3.05. The third-order valence-corrected chi connectivity index (χ3v) is 4.47. The zero-order valence-electron chi connectivity index (χ0n) is 12.9. The number of rotatable bonds is 5. The molecule has 0 N–H and O–H groups in total. The van der Waals surface area contributed by atoms with Crippen molar-refractivity contribution < 1.29 is 9.53 Å². The molecule has 0 heterocycles. The summed E-state index contributed by atoms with van der Waals surface area (Å²) in [7, 11) is 0. The molecular weight excluding hydrogens is 248 g/mol. The van der Waals surface area contributed by atoms with Crippen LogP contribution in [0.1, 0.15) is 60.5 Å². The van der Waals surface area contributed by atoms with E-state index < -0.39 is 0 Å². The first-order chi connectivity index (χ1) is 9.61. The third kappa shape index (κ3) is 3.69. The fourth-order valence-electron chi connectivity index (χ4n) is 3.25. The molecule has 110 valence electrons. The van der Waals surface area contributed by atoms with Gasteiger partial charge in [0.2, 0.25) is 0 Å². The monoisotopic (exact) mass is 274 g/mol. The van der Waals surface area contributed by atoms with Crippen LogP contribution in [0.3, 0.4) is 0 Å². The topological polar surface area (TPSA) is 26.3 Å². The Morgan fingerprint density at radius 3 is 2.70 bits per heavy atom. The highest BCUT2D eigenvalue weighted by molar-refractivity contribution is 5.98. The number of hydrogen-bond donors (Lipinski definition) is 0. The zero-order chi connectivity index (χ0) is 14.5. The molecule has 1 fully saturated rings. The number of benzene rings is 1. The molecule has 2 rings (SSSR count). The van der Waals surface area contributed by atoms with Gasteiger partial charge < -0.3 is 4.74 Å². The molecule has 2 nitrogen and oxygen atoms in total. The quantitative estimate of drug-likeness (QED) is 0.740. The lowest BCUT2D eigenvalue weighted by molar-refractivity contribution is -0.00572. The maximum absolute atomic E-state index is 12.3. The van der Waals surface area contributed by atoms with Crippen LogP contribution in [0.4, 0.5) is 0 Å². The average Bonchev–Trinajstić information content (AvgIpc) is 2.45. The van der Waals surface area contributed by atoms with Gasteiger partial charge in [-0.2, -0.15) is 0 Å². The Hall–Kier alpha value is -1.15. The van der Waals surface area contributed by atoms with E-state index in [9.17, 15) is 4.79 Å². The molecule has 2 unspecified atom stereocenters. The van der Waals surface area contributed by atoms with Crippen molar-refractivity contribution in [2.75, 3.05) is 6.61 Å². The summed E-state index contributed by atoms with van der Waals surface area (Å²) in [5.74, 6) is 0.749. The van der Waals surface area contributed by atoms with Gasteiger partial charge in [0.25, 0.3) is 0 Å². The van der Waals surface area contributed by atoms with E-state index in [0.717, 1.165) is 24.0 Å². The number of aryl methyl sites for hydroxylation is 2. The highest BCUT2D eigenvalue weighted by Crippen LogP contribution is 2.29. The van der Waals surface area contributed by atoms with Crippen molar-refractivity contribution in [2.24, 2.45) is 5.92 Å². The van der Waals surface area contributed by atoms with E-state index in [0.29, 0.717) is 5.92 Å². The SMILES string of the molecule is CCC1CCCCC1OCC(=O)c1ccc(C)cc1C. The first-order valence-electron chi connectivity index (χ1n) is 7.84. The second-order valence-electron chi connectivity index (χ2n) is 6.04. The normalized spacial score (nSPS) is 22.8. The fourth-order valence-corrected chi connectivity index (χ4v) is 3.25. The Balaban J connectivity index is 1.94. The molecule has 0 bridgehead atoms. The van der Waals surface area contributed by atoms with E-state index in [1.54, 1.807) is 0 Å². The Labute approximate surface area is 122 Å². The summed E-state index contributed by atoms with van der Waals surface area (Å²) in [6.45, 7) is 6.49. The highest BCUT2D eigenvalue weighted by Gasteiger charge is 2.25. The van der Waals surface area contributed by atoms with Gasteiger partial charge in [-0.3, -0.25) is 4.79 Å². The highest BCUT2D eigenvalue weighted by atomic mass is 16.5. The molecule has 0 aliphatic heterocycles. The predicted molar refractivity (Wildman–Crippen MR) is 82.2 cm³/mol. The number of carbonyl (C=O) groups is 1. The Kier molecular flexibility index (Phi) is 5.36. The molecule has 1 aliphatic carbocycles. The Bertz CT molecular complexity index is 464. The number of Topliss-reactive ketones (excluding diaryl/α,β-unsaturated/α-hetero) is 1. The van der Waals surface area contributed by atoms with E-state index in [1.807, 2.05) is 26.0 Å². The second kappa shape index (κ2) is 7.03. The van der Waals surface area contributed by atoms with Crippen molar-refractivity contribution in [1.82, 2.24) is 0 Å². The average molecular weight is 274 g/mol. The van der Waals surface area contributed by atoms with Crippen molar-refractivity contribution >= 4 is 5.78 Å². The smallest absolute Gasteiger partial charge is 0.188 e. The third-order valence-electron chi connectivity index (χ3n) is 4.47. The van der Waals surface area contributed by atoms with Crippen LogP contribution in [0.25, 0.3) is 0 Å². The zero-order valence-corrected chi connectivity index (χ0v) is 12.9. The van der Waals surface area contributed by atoms with Gasteiger partial charge in [-0.15, -0.1) is 0 Å². The molecule has 1 aromatic carbocycles. The number of hydrogen-bond acceptors (Lipinski definition) is 2. The van der Waals surface area contributed by atoms with Crippen LogP contribution in [-0.4, -0.2) is 18.5 Å². The largest absolute Gasteiger partial charge is 0.370 e. The van der Waals surface area contributed by atoms with Crippen molar-refractivity contribution in [3.05, 3.63) is 34.9 Å². The van der Waals surface area contributed by atoms with Gasteiger partial charge in [-0.25, -0.2) is 0 Å². The summed E-state index contributed by atoms with van der Waals surface area (Å²) in [6.07, 6.45) is 6.34. The number of ketones is 1. The van der Waals surface area contributed by atoms with Gasteiger partial charge in [0.1, 0.15) is 6.61 Å². The predicted octanol–water partition coefficient (Wildman–Crippen LogP) is 4.47. The second-order valence-corrected chi connectivity index (χ2v) is 6.04. The van der Waals surface area contributed by atoms with Crippen LogP contribution in [0.5, 0.6) is 0 Å². The van der Waals surface area contributed by atoms with Crippen molar-refractivity contribution in [3.63, 3.8) is 0 Å². The molecule has 2 heteroatoms. The van der Waals surface area contributed by atoms with E-state index in [2.05, 4.69) is 13.0 Å². The molecular formula is C18H26O2. The summed E-state index contributed by atoms with van der Waals surface area (Å²) < 4.78 is 5.94. The van der Waals surface area contributed by atoms with Gasteiger partial charge in [-0.1, -0.05) is 49.9 Å². The van der Waals surface area contributed by atoms with Gasteiger partial charge in [0.05, 0.1) is 6.10 Å². The molecule has 20 heavy (non-hydrogen) atoms. The first-order valence-corrected chi connectivity index (χ1v) is 7.84. The van der Waals surface area contributed by atoms with Crippen LogP contribution in [0, 0.1) is 19.8 Å². The molecule has 2 atom stereocenters. The van der Waals surface area contributed by atoms with E-state index in [4.69, 9.17) is 4.74 Å². The van der Waals surface area contributed by atoms with E-state index in [-0.39, 0.29) is 18.5 Å². The molecule has 0 spiro atoms. The van der Waals surface area contributed by atoms with Crippen molar-refractivity contribution in [2.45, 2.75) is 59.0 Å². The van der Waals surface area contributed by atoms with Crippen LogP contribution < -0.4 is 0 Å². The van der Waals surface area contributed by atoms with E-state index in [1.165, 1.54) is 24.8 Å². The van der Waals surface area contributed by atoms with Gasteiger partial charge >= 0.3 is 0 Å². The molecule has 0 amide bonds. The Morgan fingerprint density at radius 2 is 2.00 bits per heavy atom. The minimum Gasteiger partial charge on any atom is -0.370 e. The van der Waals surface area contributed by atoms with Gasteiger partial charge in [0, 0.05) is 5.56 Å². The number of carbonyl (C=O) groups excluding carboxylic acids is 1. The summed E-state index contributed by atoms with van der Waals surface area (Å²) >= 11 is 0. The maximum atomic E-state index is 12.3. The maximum Gasteiger partial charge on any atom is 0.188 e. The lowest BCUT2D eigenvalue weighted by atomic mass is 9.85. The minimum atomic E-state index is 0.114. The molecule has 1 aromatic rings. The van der Waals surface area contributed by atoms with Crippen LogP contribution in [0.2, 0.25) is 0 Å².